The van der Waals surface area contributed by atoms with Crippen molar-refractivity contribution in [3.63, 3.8) is 0 Å². The number of nitrogens with zero attached hydrogens (tertiary/aromatic N) is 2. The molecule has 148 valence electrons. The Morgan fingerprint density at radius 2 is 1.96 bits per heavy atom. The smallest absolute Gasteiger partial charge is 0.230 e. The zero-order valence-electron chi connectivity index (χ0n) is 16.0. The molecule has 6 heteroatoms. The van der Waals surface area contributed by atoms with Gasteiger partial charge in [-0.15, -0.1) is 0 Å². The quantitative estimate of drug-likeness (QED) is 0.791. The molecule has 1 aromatic heterocycles. The van der Waals surface area contributed by atoms with Crippen molar-refractivity contribution < 1.29 is 14.1 Å². The molecule has 0 saturated heterocycles. The summed E-state index contributed by atoms with van der Waals surface area (Å²) in [4.78, 5) is 17.6. The van der Waals surface area contributed by atoms with Gasteiger partial charge in [-0.25, -0.2) is 0 Å². The Bertz CT molecular complexity index is 817. The minimum Gasteiger partial charge on any atom is -0.485 e. The van der Waals surface area contributed by atoms with E-state index in [-0.39, 0.29) is 24.3 Å². The van der Waals surface area contributed by atoms with E-state index in [2.05, 4.69) is 15.5 Å². The predicted octanol–water partition coefficient (Wildman–Crippen LogP) is 3.69. The van der Waals surface area contributed by atoms with E-state index in [9.17, 15) is 4.79 Å². The summed E-state index contributed by atoms with van der Waals surface area (Å²) in [5.74, 6) is 3.75. The van der Waals surface area contributed by atoms with Crippen molar-refractivity contribution in [2.75, 3.05) is 6.54 Å². The molecule has 2 bridgehead atoms. The molecule has 1 amide bonds. The largest absolute Gasteiger partial charge is 0.485 e. The average molecular weight is 381 g/mol. The van der Waals surface area contributed by atoms with Gasteiger partial charge in [-0.3, -0.25) is 4.79 Å². The molecular weight excluding hydrogens is 354 g/mol. The Labute approximate surface area is 165 Å². The number of aromatic nitrogens is 2. The van der Waals surface area contributed by atoms with Crippen LogP contribution in [-0.2, 0) is 11.4 Å². The summed E-state index contributed by atoms with van der Waals surface area (Å²) < 4.78 is 11.3. The zero-order valence-corrected chi connectivity index (χ0v) is 16.0. The molecule has 3 saturated carbocycles. The molecule has 6 nitrogen and oxygen atoms in total. The molecule has 0 radical (unpaired) electrons. The van der Waals surface area contributed by atoms with Crippen LogP contribution in [-0.4, -0.2) is 22.6 Å². The number of nitrogens with one attached hydrogen (secondary N) is 1. The molecule has 5 rings (SSSR count). The lowest BCUT2D eigenvalue weighted by atomic mass is 9.78. The molecule has 2 aromatic rings. The van der Waals surface area contributed by atoms with Gasteiger partial charge in [0.25, 0.3) is 0 Å². The van der Waals surface area contributed by atoms with E-state index in [1.807, 2.05) is 30.3 Å². The molecule has 3 fully saturated rings. The summed E-state index contributed by atoms with van der Waals surface area (Å²) in [5.41, 5.74) is 0. The Kier molecular flexibility index (Phi) is 4.79. The van der Waals surface area contributed by atoms with Gasteiger partial charge in [0.15, 0.2) is 6.61 Å². The number of amides is 1. The first-order chi connectivity index (χ1) is 13.8. The highest BCUT2D eigenvalue weighted by atomic mass is 16.5. The summed E-state index contributed by atoms with van der Waals surface area (Å²) in [6.45, 7) is 1.09. The summed E-state index contributed by atoms with van der Waals surface area (Å²) in [5, 5.41) is 7.32. The molecule has 0 spiro atoms. The third kappa shape index (κ3) is 3.40. The van der Waals surface area contributed by atoms with E-state index < -0.39 is 0 Å². The van der Waals surface area contributed by atoms with Crippen molar-refractivity contribution in [3.05, 3.63) is 42.0 Å². The van der Waals surface area contributed by atoms with Crippen LogP contribution in [0.4, 0.5) is 0 Å². The fourth-order valence-corrected chi connectivity index (χ4v) is 5.21. The van der Waals surface area contributed by atoms with Gasteiger partial charge in [-0.05, 0) is 62.0 Å². The number of benzene rings is 1. The second-order valence-corrected chi connectivity index (χ2v) is 8.58. The van der Waals surface area contributed by atoms with Crippen LogP contribution < -0.4 is 10.1 Å². The first kappa shape index (κ1) is 17.7. The van der Waals surface area contributed by atoms with E-state index in [4.69, 9.17) is 9.26 Å². The number of hydrogen-bond donors (Lipinski definition) is 1. The fraction of sp³-hybridized carbons (Fsp3) is 0.591. The number of fused-ring (bicyclic) bond motifs is 2. The van der Waals surface area contributed by atoms with Crippen LogP contribution in [0.2, 0.25) is 0 Å². The van der Waals surface area contributed by atoms with Crippen molar-refractivity contribution >= 4 is 5.91 Å². The highest BCUT2D eigenvalue weighted by molar-refractivity contribution is 5.80. The maximum atomic E-state index is 13.0. The van der Waals surface area contributed by atoms with Crippen LogP contribution in [0.5, 0.6) is 5.75 Å². The van der Waals surface area contributed by atoms with Crippen molar-refractivity contribution in [1.82, 2.24) is 15.5 Å². The summed E-state index contributed by atoms with van der Waals surface area (Å²) in [7, 11) is 0. The van der Waals surface area contributed by atoms with E-state index in [0.717, 1.165) is 31.6 Å². The van der Waals surface area contributed by atoms with Crippen LogP contribution >= 0.6 is 0 Å². The Morgan fingerprint density at radius 3 is 2.75 bits per heavy atom. The van der Waals surface area contributed by atoms with Gasteiger partial charge in [0, 0.05) is 6.54 Å². The summed E-state index contributed by atoms with van der Waals surface area (Å²) >= 11 is 0. The molecule has 4 atom stereocenters. The van der Waals surface area contributed by atoms with Crippen LogP contribution in [0.25, 0.3) is 0 Å². The number of rotatable bonds is 7. The zero-order chi connectivity index (χ0) is 18.9. The molecule has 1 heterocycles. The lowest BCUT2D eigenvalue weighted by Gasteiger charge is -2.30. The average Bonchev–Trinajstić information content (AvgIpc) is 3.41. The summed E-state index contributed by atoms with van der Waals surface area (Å²) in [6, 6.07) is 9.61. The van der Waals surface area contributed by atoms with Crippen molar-refractivity contribution in [3.8, 4) is 5.75 Å². The molecule has 3 aliphatic rings. The number of ether oxygens (including phenoxy) is 1. The maximum absolute atomic E-state index is 13.0. The molecular formula is C22H27N3O3. The Hall–Kier alpha value is -2.37. The fourth-order valence-electron chi connectivity index (χ4n) is 5.21. The third-order valence-corrected chi connectivity index (χ3v) is 6.89. The first-order valence-corrected chi connectivity index (χ1v) is 10.6. The van der Waals surface area contributed by atoms with Crippen LogP contribution in [0.3, 0.4) is 0 Å². The number of carbonyl (C=O) groups excluding carboxylic acids is 1. The highest BCUT2D eigenvalue weighted by Gasteiger charge is 2.53. The Balaban J connectivity index is 1.26. The normalized spacial score (nSPS) is 28.9. The van der Waals surface area contributed by atoms with Crippen LogP contribution in [0.15, 0.2) is 34.9 Å². The SMILES string of the molecule is O=C(NCC1CCC1)[C@H]1[C@H]2CC[C@H](C2)[C@@H]1c1nc(COc2ccccc2)no1. The van der Waals surface area contributed by atoms with E-state index in [1.165, 1.54) is 19.3 Å². The second-order valence-electron chi connectivity index (χ2n) is 8.58. The minimum absolute atomic E-state index is 0.0258. The van der Waals surface area contributed by atoms with Crippen LogP contribution in [0.1, 0.15) is 56.2 Å². The van der Waals surface area contributed by atoms with Crippen molar-refractivity contribution in [2.24, 2.45) is 23.7 Å². The van der Waals surface area contributed by atoms with Crippen LogP contribution in [0, 0.1) is 23.7 Å². The monoisotopic (exact) mass is 381 g/mol. The molecule has 1 aromatic carbocycles. The van der Waals surface area contributed by atoms with Gasteiger partial charge in [0.05, 0.1) is 11.8 Å². The van der Waals surface area contributed by atoms with Gasteiger partial charge >= 0.3 is 0 Å². The predicted molar refractivity (Wildman–Crippen MR) is 102 cm³/mol. The minimum atomic E-state index is -0.0258. The number of carbonyl (C=O) groups is 1. The van der Waals surface area contributed by atoms with Gasteiger partial charge < -0.3 is 14.6 Å². The van der Waals surface area contributed by atoms with E-state index in [1.54, 1.807) is 0 Å². The maximum Gasteiger partial charge on any atom is 0.230 e. The van der Waals surface area contributed by atoms with Crippen molar-refractivity contribution in [2.45, 2.75) is 51.0 Å². The van der Waals surface area contributed by atoms with Gasteiger partial charge in [0.1, 0.15) is 5.75 Å². The van der Waals surface area contributed by atoms with Gasteiger partial charge in [-0.1, -0.05) is 29.8 Å². The molecule has 28 heavy (non-hydrogen) atoms. The molecule has 0 unspecified atom stereocenters. The number of para-hydroxylation sites is 1. The van der Waals surface area contributed by atoms with Gasteiger partial charge in [-0.2, -0.15) is 4.98 Å². The molecule has 1 N–H and O–H groups in total. The first-order valence-electron chi connectivity index (χ1n) is 10.6. The topological polar surface area (TPSA) is 77.2 Å². The lowest BCUT2D eigenvalue weighted by molar-refractivity contribution is -0.127. The Morgan fingerprint density at radius 1 is 1.14 bits per heavy atom. The second kappa shape index (κ2) is 7.57. The lowest BCUT2D eigenvalue weighted by Crippen LogP contribution is -2.40. The van der Waals surface area contributed by atoms with Crippen molar-refractivity contribution in [1.29, 1.82) is 0 Å². The summed E-state index contributed by atoms with van der Waals surface area (Å²) in [6.07, 6.45) is 7.18. The molecule has 3 aliphatic carbocycles. The third-order valence-electron chi connectivity index (χ3n) is 6.89. The standard InChI is InChI=1S/C22H27N3O3/c26-21(23-12-14-5-4-6-14)19-15-9-10-16(11-15)20(19)22-24-18(25-28-22)13-27-17-7-2-1-3-8-17/h1-3,7-8,14-16,19-20H,4-6,9-13H2,(H,23,26)/t15-,16+,19-,20-/m0/s1. The van der Waals surface area contributed by atoms with Gasteiger partial charge in [0.2, 0.25) is 17.6 Å². The highest BCUT2D eigenvalue weighted by Crippen LogP contribution is 2.56. The number of hydrogen-bond acceptors (Lipinski definition) is 5. The van der Waals surface area contributed by atoms with E-state index in [0.29, 0.717) is 29.5 Å². The van der Waals surface area contributed by atoms with E-state index >= 15 is 0 Å². The molecule has 0 aliphatic heterocycles.